The molecule has 160 valence electrons. The lowest BCUT2D eigenvalue weighted by Crippen LogP contribution is -2.63. The van der Waals surface area contributed by atoms with Crippen molar-refractivity contribution in [2.45, 2.75) is 76.0 Å². The number of piperidine rings is 2. The van der Waals surface area contributed by atoms with Gasteiger partial charge < -0.3 is 19.7 Å². The van der Waals surface area contributed by atoms with Crippen LogP contribution in [0.4, 0.5) is 0 Å². The molecule has 1 atom stereocenters. The van der Waals surface area contributed by atoms with Gasteiger partial charge in [0.15, 0.2) is 0 Å². The molecular formula is C25H32N2O3. The van der Waals surface area contributed by atoms with E-state index in [0.29, 0.717) is 54.9 Å². The minimum atomic E-state index is 0.151. The molecule has 3 aliphatic carbocycles. The Morgan fingerprint density at radius 3 is 2.53 bits per heavy atom. The average Bonchev–Trinajstić information content (AvgIpc) is 3.42. The van der Waals surface area contributed by atoms with E-state index in [1.165, 1.54) is 5.56 Å². The Labute approximate surface area is 177 Å². The van der Waals surface area contributed by atoms with Gasteiger partial charge in [-0.25, -0.2) is 0 Å². The van der Waals surface area contributed by atoms with Gasteiger partial charge in [0, 0.05) is 42.2 Å². The molecule has 5 nitrogen and oxygen atoms in total. The van der Waals surface area contributed by atoms with E-state index in [0.717, 1.165) is 55.2 Å². The molecule has 5 aliphatic rings. The fraction of sp³-hybridized carbons (Fsp3) is 0.640. The largest absolute Gasteiger partial charge is 0.490 e. The maximum Gasteiger partial charge on any atom is 0.223 e. The topological polar surface area (TPSA) is 65.6 Å². The number of hydrogen-bond acceptors (Lipinski definition) is 3. The lowest BCUT2D eigenvalue weighted by molar-refractivity contribution is -0.157. The molecule has 2 aliphatic heterocycles. The number of ether oxygens (including phenoxy) is 1. The van der Waals surface area contributed by atoms with Crippen LogP contribution < -0.4 is 4.74 Å². The van der Waals surface area contributed by atoms with Gasteiger partial charge in [-0.15, -0.1) is 0 Å². The number of rotatable bonds is 6. The van der Waals surface area contributed by atoms with E-state index in [1.54, 1.807) is 0 Å². The predicted molar refractivity (Wildman–Crippen MR) is 115 cm³/mol. The summed E-state index contributed by atoms with van der Waals surface area (Å²) >= 11 is 0. The molecule has 5 fully saturated rings. The summed E-state index contributed by atoms with van der Waals surface area (Å²) in [5.41, 5.74) is 2.28. The van der Waals surface area contributed by atoms with Crippen molar-refractivity contribution in [3.8, 4) is 5.75 Å². The Balaban J connectivity index is 1.21. The van der Waals surface area contributed by atoms with Crippen LogP contribution in [0.2, 0.25) is 0 Å². The fourth-order valence-electron chi connectivity index (χ4n) is 6.83. The summed E-state index contributed by atoms with van der Waals surface area (Å²) in [6, 6.07) is 6.98. The van der Waals surface area contributed by atoms with Gasteiger partial charge in [-0.05, 0) is 79.9 Å². The number of aromatic amines is 1. The van der Waals surface area contributed by atoms with Gasteiger partial charge in [0.05, 0.1) is 6.10 Å². The Bertz CT molecular complexity index is 932. The normalized spacial score (nSPS) is 33.3. The van der Waals surface area contributed by atoms with E-state index in [4.69, 9.17) is 4.74 Å². The number of H-pyrrole nitrogens is 1. The van der Waals surface area contributed by atoms with Crippen molar-refractivity contribution < 1.29 is 14.6 Å². The maximum atomic E-state index is 13.4. The first-order valence-electron chi connectivity index (χ1n) is 11.8. The summed E-state index contributed by atoms with van der Waals surface area (Å²) in [5, 5.41) is 10.9. The van der Waals surface area contributed by atoms with E-state index in [9.17, 15) is 9.90 Å². The molecule has 3 saturated carbocycles. The number of carbonyl (C=O) groups excluding carboxylic acids is 1. The number of aliphatic hydroxyl groups is 1. The van der Waals surface area contributed by atoms with E-state index >= 15 is 0 Å². The molecule has 30 heavy (non-hydrogen) atoms. The van der Waals surface area contributed by atoms with E-state index in [1.807, 2.05) is 6.07 Å². The number of hydrogen-bond donors (Lipinski definition) is 2. The molecule has 5 heteroatoms. The number of amides is 1. The van der Waals surface area contributed by atoms with Crippen molar-refractivity contribution in [3.63, 3.8) is 0 Å². The van der Waals surface area contributed by atoms with Crippen molar-refractivity contribution in [1.29, 1.82) is 0 Å². The zero-order chi connectivity index (χ0) is 20.4. The van der Waals surface area contributed by atoms with Gasteiger partial charge in [0.1, 0.15) is 5.75 Å². The molecule has 0 radical (unpaired) electrons. The molecule has 7 rings (SSSR count). The van der Waals surface area contributed by atoms with Gasteiger partial charge in [0.2, 0.25) is 5.91 Å². The Kier molecular flexibility index (Phi) is 4.38. The molecule has 4 bridgehead atoms. The Hall–Kier alpha value is -2.01. The highest BCUT2D eigenvalue weighted by atomic mass is 16.5. The smallest absolute Gasteiger partial charge is 0.223 e. The number of aliphatic hydroxyl groups excluding tert-OH is 1. The highest BCUT2D eigenvalue weighted by Gasteiger charge is 2.52. The third kappa shape index (κ3) is 2.96. The van der Waals surface area contributed by atoms with Crippen molar-refractivity contribution in [2.75, 3.05) is 6.61 Å². The summed E-state index contributed by atoms with van der Waals surface area (Å²) in [4.78, 5) is 19.1. The fourth-order valence-corrected chi connectivity index (χ4v) is 6.83. The van der Waals surface area contributed by atoms with E-state index in [-0.39, 0.29) is 5.92 Å². The summed E-state index contributed by atoms with van der Waals surface area (Å²) < 4.78 is 6.17. The maximum absolute atomic E-state index is 13.4. The monoisotopic (exact) mass is 408 g/mol. The SMILES string of the molecule is CC(CC(=O)N1C2CC3CC1CC(C2)C3CO)c1c[nH]c2cccc(OC3CC3)c12. The number of nitrogens with zero attached hydrogens (tertiary/aromatic N) is 1. The zero-order valence-corrected chi connectivity index (χ0v) is 17.7. The zero-order valence-electron chi connectivity index (χ0n) is 17.7. The number of nitrogens with one attached hydrogen (secondary N) is 1. The van der Waals surface area contributed by atoms with Crippen molar-refractivity contribution in [2.24, 2.45) is 17.8 Å². The first-order chi connectivity index (χ1) is 14.6. The summed E-state index contributed by atoms with van der Waals surface area (Å²) in [5.74, 6) is 3.13. The highest BCUT2D eigenvalue weighted by molar-refractivity contribution is 5.90. The van der Waals surface area contributed by atoms with Crippen LogP contribution in [0, 0.1) is 17.8 Å². The molecule has 1 unspecified atom stereocenters. The van der Waals surface area contributed by atoms with Crippen LogP contribution in [0.5, 0.6) is 5.75 Å². The van der Waals surface area contributed by atoms with Crippen molar-refractivity contribution in [1.82, 2.24) is 9.88 Å². The molecule has 2 aromatic rings. The summed E-state index contributed by atoms with van der Waals surface area (Å²) in [6.45, 7) is 2.50. The highest BCUT2D eigenvalue weighted by Crippen LogP contribution is 2.52. The quantitative estimate of drug-likeness (QED) is 0.752. The predicted octanol–water partition coefficient (Wildman–Crippen LogP) is 4.21. The third-order valence-electron chi connectivity index (χ3n) is 8.32. The van der Waals surface area contributed by atoms with Gasteiger partial charge in [0.25, 0.3) is 0 Å². The van der Waals surface area contributed by atoms with E-state index < -0.39 is 0 Å². The first kappa shape index (κ1) is 18.7. The Morgan fingerprint density at radius 2 is 1.90 bits per heavy atom. The third-order valence-corrected chi connectivity index (χ3v) is 8.32. The first-order valence-corrected chi connectivity index (χ1v) is 11.8. The second-order valence-corrected chi connectivity index (χ2v) is 10.3. The molecule has 0 spiro atoms. The standard InChI is InChI=1S/C25H32N2O3/c1-14(20-12-26-22-3-2-4-23(25(20)22)30-19-5-6-19)7-24(29)27-17-8-15-9-18(27)11-16(10-17)21(15)13-28/h2-4,12,14-19,21,26,28H,5-11,13H2,1H3. The molecule has 2 saturated heterocycles. The van der Waals surface area contributed by atoms with Crippen LogP contribution in [-0.4, -0.2) is 45.7 Å². The van der Waals surface area contributed by atoms with Gasteiger partial charge in [-0.3, -0.25) is 4.79 Å². The second-order valence-electron chi connectivity index (χ2n) is 10.3. The minimum Gasteiger partial charge on any atom is -0.490 e. The molecule has 2 N–H and O–H groups in total. The van der Waals surface area contributed by atoms with Gasteiger partial charge >= 0.3 is 0 Å². The van der Waals surface area contributed by atoms with E-state index in [2.05, 4.69) is 35.1 Å². The van der Waals surface area contributed by atoms with Gasteiger partial charge in [-0.2, -0.15) is 0 Å². The Morgan fingerprint density at radius 1 is 1.20 bits per heavy atom. The van der Waals surface area contributed by atoms with Crippen LogP contribution in [0.1, 0.15) is 63.4 Å². The van der Waals surface area contributed by atoms with Crippen LogP contribution in [-0.2, 0) is 4.79 Å². The lowest BCUT2D eigenvalue weighted by atomic mass is 9.58. The second kappa shape index (κ2) is 7.01. The molecule has 1 aromatic heterocycles. The minimum absolute atomic E-state index is 0.151. The van der Waals surface area contributed by atoms with Crippen molar-refractivity contribution >= 4 is 16.8 Å². The summed E-state index contributed by atoms with van der Waals surface area (Å²) in [6.07, 6.45) is 9.61. The van der Waals surface area contributed by atoms with Crippen LogP contribution >= 0.6 is 0 Å². The van der Waals surface area contributed by atoms with Crippen LogP contribution in [0.25, 0.3) is 10.9 Å². The molecule has 1 amide bonds. The average molecular weight is 409 g/mol. The number of fused-ring (bicyclic) bond motifs is 1. The van der Waals surface area contributed by atoms with Gasteiger partial charge in [-0.1, -0.05) is 13.0 Å². The number of carbonyl (C=O) groups is 1. The summed E-state index contributed by atoms with van der Waals surface area (Å²) in [7, 11) is 0. The van der Waals surface area contributed by atoms with Crippen LogP contribution in [0.15, 0.2) is 24.4 Å². The number of benzene rings is 1. The lowest BCUT2D eigenvalue weighted by Gasteiger charge is -2.59. The molecule has 1 aromatic carbocycles. The van der Waals surface area contributed by atoms with Crippen LogP contribution in [0.3, 0.4) is 0 Å². The number of aromatic nitrogens is 1. The van der Waals surface area contributed by atoms with Crippen molar-refractivity contribution in [3.05, 3.63) is 30.0 Å². The molecular weight excluding hydrogens is 376 g/mol. The molecule has 3 heterocycles.